The van der Waals surface area contributed by atoms with E-state index in [-0.39, 0.29) is 18.2 Å². The minimum Gasteiger partial charge on any atom is -0.489 e. The predicted octanol–water partition coefficient (Wildman–Crippen LogP) is 4.16. The van der Waals surface area contributed by atoms with Gasteiger partial charge in [0, 0.05) is 28.9 Å². The number of nitrogens with zero attached hydrogens (tertiary/aromatic N) is 3. The first-order chi connectivity index (χ1) is 14.3. The van der Waals surface area contributed by atoms with E-state index in [2.05, 4.69) is 5.10 Å². The number of ether oxygens (including phenoxy) is 2. The maximum Gasteiger partial charge on any atom is 0.414 e. The van der Waals surface area contributed by atoms with Gasteiger partial charge in [0.15, 0.2) is 0 Å². The van der Waals surface area contributed by atoms with Crippen molar-refractivity contribution in [1.29, 1.82) is 0 Å². The Morgan fingerprint density at radius 3 is 2.70 bits per heavy atom. The molecule has 1 aliphatic heterocycles. The molecule has 2 heterocycles. The molecular weight excluding hydrogens is 382 g/mol. The molecular formula is C23H31N3O4. The zero-order valence-corrected chi connectivity index (χ0v) is 18.2. The lowest BCUT2D eigenvalue weighted by atomic mass is 9.91. The smallest absolute Gasteiger partial charge is 0.414 e. The van der Waals surface area contributed by atoms with Gasteiger partial charge in [-0.3, -0.25) is 9.58 Å². The van der Waals surface area contributed by atoms with Crippen LogP contribution < -0.4 is 9.64 Å². The summed E-state index contributed by atoms with van der Waals surface area (Å²) in [5.41, 5.74) is 2.99. The molecule has 30 heavy (non-hydrogen) atoms. The van der Waals surface area contributed by atoms with Gasteiger partial charge in [-0.1, -0.05) is 0 Å². The van der Waals surface area contributed by atoms with Crippen molar-refractivity contribution >= 4 is 11.8 Å². The molecule has 1 aromatic heterocycles. The molecule has 7 heteroatoms. The highest BCUT2D eigenvalue weighted by atomic mass is 16.5. The Labute approximate surface area is 177 Å². The van der Waals surface area contributed by atoms with Gasteiger partial charge in [-0.25, -0.2) is 4.79 Å². The average Bonchev–Trinajstić information content (AvgIpc) is 3.09. The number of hydrogen-bond acceptors (Lipinski definition) is 5. The number of hydrogen-bond donors (Lipinski definition) is 1. The normalized spacial score (nSPS) is 19.2. The summed E-state index contributed by atoms with van der Waals surface area (Å²) in [5, 5.41) is 14.5. The third-order valence-electron chi connectivity index (χ3n) is 5.95. The van der Waals surface area contributed by atoms with Crippen LogP contribution in [0.1, 0.15) is 52.0 Å². The third-order valence-corrected chi connectivity index (χ3v) is 5.95. The Bertz CT molecular complexity index is 927. The van der Waals surface area contributed by atoms with Crippen LogP contribution in [0.4, 0.5) is 10.5 Å². The van der Waals surface area contributed by atoms with E-state index in [4.69, 9.17) is 9.47 Å². The molecule has 0 saturated heterocycles. The van der Waals surface area contributed by atoms with Crippen molar-refractivity contribution in [2.45, 2.75) is 77.2 Å². The number of anilines is 1. The van der Waals surface area contributed by atoms with Crippen molar-refractivity contribution in [2.75, 3.05) is 12.0 Å². The van der Waals surface area contributed by atoms with E-state index < -0.39 is 5.60 Å². The summed E-state index contributed by atoms with van der Waals surface area (Å²) in [6.45, 7) is 5.98. The van der Waals surface area contributed by atoms with Crippen molar-refractivity contribution in [3.05, 3.63) is 30.1 Å². The Morgan fingerprint density at radius 2 is 2.07 bits per heavy atom. The summed E-state index contributed by atoms with van der Waals surface area (Å²) in [5.74, 6) is 0.848. The monoisotopic (exact) mass is 413 g/mol. The van der Waals surface area contributed by atoms with Gasteiger partial charge in [0.25, 0.3) is 0 Å². The quantitative estimate of drug-likeness (QED) is 0.796. The molecule has 1 saturated carbocycles. The second-order valence-electron chi connectivity index (χ2n) is 9.08. The molecule has 0 unspecified atom stereocenters. The molecule has 0 radical (unpaired) electrons. The van der Waals surface area contributed by atoms with E-state index in [0.29, 0.717) is 6.54 Å². The second-order valence-corrected chi connectivity index (χ2v) is 9.08. The van der Waals surface area contributed by atoms with Crippen LogP contribution in [0.3, 0.4) is 0 Å². The number of amides is 1. The molecule has 7 nitrogen and oxygen atoms in total. The Morgan fingerprint density at radius 1 is 1.30 bits per heavy atom. The van der Waals surface area contributed by atoms with Gasteiger partial charge in [0.2, 0.25) is 0 Å². The fraction of sp³-hybridized carbons (Fsp3) is 0.565. The van der Waals surface area contributed by atoms with Crippen molar-refractivity contribution in [1.82, 2.24) is 9.78 Å². The molecule has 0 spiro atoms. The Balaban J connectivity index is 1.77. The first kappa shape index (κ1) is 20.7. The molecule has 162 valence electrons. The van der Waals surface area contributed by atoms with E-state index in [9.17, 15) is 9.90 Å². The average molecular weight is 414 g/mol. The molecule has 1 aliphatic carbocycles. The van der Waals surface area contributed by atoms with Gasteiger partial charge in [-0.15, -0.1) is 0 Å². The van der Waals surface area contributed by atoms with E-state index >= 15 is 0 Å². The first-order valence-electron chi connectivity index (χ1n) is 10.7. The van der Waals surface area contributed by atoms with Gasteiger partial charge < -0.3 is 14.6 Å². The number of rotatable bonds is 5. The van der Waals surface area contributed by atoms with E-state index in [1.54, 1.807) is 23.4 Å². The number of benzene rings is 1. The van der Waals surface area contributed by atoms with Crippen molar-refractivity contribution in [3.8, 4) is 16.9 Å². The van der Waals surface area contributed by atoms with Crippen molar-refractivity contribution in [3.63, 3.8) is 0 Å². The summed E-state index contributed by atoms with van der Waals surface area (Å²) in [4.78, 5) is 14.2. The topological polar surface area (TPSA) is 76.8 Å². The van der Waals surface area contributed by atoms with E-state index in [1.165, 1.54) is 13.5 Å². The maximum absolute atomic E-state index is 12.5. The number of aromatic nitrogens is 2. The number of methoxy groups -OCH3 is 1. The number of carbonyl (C=O) groups excluding carboxylic acids is 1. The van der Waals surface area contributed by atoms with Crippen LogP contribution in [0, 0.1) is 0 Å². The summed E-state index contributed by atoms with van der Waals surface area (Å²) in [6.07, 6.45) is 8.61. The molecule has 4 rings (SSSR count). The molecule has 0 bridgehead atoms. The van der Waals surface area contributed by atoms with Crippen LogP contribution in [0.25, 0.3) is 11.1 Å². The second kappa shape index (κ2) is 7.95. The molecule has 1 aromatic carbocycles. The standard InChI is InChI=1S/C23H31N3O4/c1-15-8-9-19-20(26(15)22(27)29-4)11-10-18(21(19)30-17-6-5-7-17)16-12-24-25(13-16)14-23(2,3)28/h10-13,15,17,28H,5-9,14H2,1-4H3/t15-/m0/s1. The van der Waals surface area contributed by atoms with Crippen LogP contribution in [0.2, 0.25) is 0 Å². The lowest BCUT2D eigenvalue weighted by Gasteiger charge is -2.37. The van der Waals surface area contributed by atoms with Gasteiger partial charge in [-0.05, 0) is 65.0 Å². The van der Waals surface area contributed by atoms with Crippen LogP contribution in [0.15, 0.2) is 24.5 Å². The number of carbonyl (C=O) groups is 1. The fourth-order valence-electron chi connectivity index (χ4n) is 4.18. The van der Waals surface area contributed by atoms with Crippen LogP contribution >= 0.6 is 0 Å². The fourth-order valence-corrected chi connectivity index (χ4v) is 4.18. The minimum atomic E-state index is -0.846. The van der Waals surface area contributed by atoms with Crippen LogP contribution in [-0.2, 0) is 17.7 Å². The Kier molecular flexibility index (Phi) is 5.49. The van der Waals surface area contributed by atoms with E-state index in [1.807, 2.05) is 31.5 Å². The SMILES string of the molecule is COC(=O)N1c2ccc(-c3cnn(CC(C)(C)O)c3)c(OC3CCC3)c2CC[C@@H]1C. The largest absolute Gasteiger partial charge is 0.489 e. The predicted molar refractivity (Wildman–Crippen MR) is 115 cm³/mol. The highest BCUT2D eigenvalue weighted by Crippen LogP contribution is 2.44. The zero-order chi connectivity index (χ0) is 21.5. The Hall–Kier alpha value is -2.54. The number of aliphatic hydroxyl groups is 1. The van der Waals surface area contributed by atoms with Gasteiger partial charge in [-0.2, -0.15) is 5.10 Å². The summed E-state index contributed by atoms with van der Waals surface area (Å²) >= 11 is 0. The molecule has 1 atom stereocenters. The van der Waals surface area contributed by atoms with Crippen molar-refractivity contribution in [2.24, 2.45) is 0 Å². The molecule has 1 N–H and O–H groups in total. The van der Waals surface area contributed by atoms with E-state index in [0.717, 1.165) is 53.8 Å². The van der Waals surface area contributed by atoms with Crippen LogP contribution in [-0.4, -0.2) is 45.8 Å². The van der Waals surface area contributed by atoms with Gasteiger partial charge in [0.05, 0.1) is 37.2 Å². The summed E-state index contributed by atoms with van der Waals surface area (Å²) in [7, 11) is 1.42. The summed E-state index contributed by atoms with van der Waals surface area (Å²) in [6, 6.07) is 4.06. The molecule has 2 aromatic rings. The molecule has 1 amide bonds. The summed E-state index contributed by atoms with van der Waals surface area (Å²) < 4.78 is 13.3. The lowest BCUT2D eigenvalue weighted by molar-refractivity contribution is 0.0577. The molecule has 2 aliphatic rings. The highest BCUT2D eigenvalue weighted by Gasteiger charge is 2.33. The van der Waals surface area contributed by atoms with Crippen LogP contribution in [0.5, 0.6) is 5.75 Å². The third kappa shape index (κ3) is 4.03. The highest BCUT2D eigenvalue weighted by molar-refractivity contribution is 5.92. The maximum atomic E-state index is 12.5. The van der Waals surface area contributed by atoms with Gasteiger partial charge >= 0.3 is 6.09 Å². The minimum absolute atomic E-state index is 0.0712. The van der Waals surface area contributed by atoms with Gasteiger partial charge in [0.1, 0.15) is 5.75 Å². The molecule has 1 fully saturated rings. The zero-order valence-electron chi connectivity index (χ0n) is 18.2. The number of fused-ring (bicyclic) bond motifs is 1. The first-order valence-corrected chi connectivity index (χ1v) is 10.7. The van der Waals surface area contributed by atoms with Crippen molar-refractivity contribution < 1.29 is 19.4 Å². The lowest BCUT2D eigenvalue weighted by Crippen LogP contribution is -2.42.